The summed E-state index contributed by atoms with van der Waals surface area (Å²) in [6.45, 7) is 2.61. The molecule has 7 heteroatoms. The van der Waals surface area contributed by atoms with Crippen molar-refractivity contribution in [1.29, 1.82) is 0 Å². The zero-order valence-corrected chi connectivity index (χ0v) is 11.0. The van der Waals surface area contributed by atoms with Gasteiger partial charge in [-0.2, -0.15) is 5.10 Å². The summed E-state index contributed by atoms with van der Waals surface area (Å²) in [6.07, 6.45) is 0. The fraction of sp³-hybridized carbons (Fsp3) is 0.182. The summed E-state index contributed by atoms with van der Waals surface area (Å²) in [4.78, 5) is 8.89. The van der Waals surface area contributed by atoms with Crippen LogP contribution >= 0.6 is 23.2 Å². The number of nitrogen functional groups attached to an aromatic ring is 1. The van der Waals surface area contributed by atoms with Crippen LogP contribution < -0.4 is 5.73 Å². The molecule has 0 aliphatic heterocycles. The Labute approximate surface area is 113 Å². The number of nitrogens with two attached hydrogens (primary N) is 1. The normalized spacial score (nSPS) is 11.5. The molecule has 0 aliphatic carbocycles. The fourth-order valence-electron chi connectivity index (χ4n) is 1.86. The van der Waals surface area contributed by atoms with E-state index in [0.29, 0.717) is 44.6 Å². The number of hydrogen-bond acceptors (Lipinski definition) is 4. The smallest absolute Gasteiger partial charge is 0.179 e. The van der Waals surface area contributed by atoms with Crippen LogP contribution in [0.1, 0.15) is 6.92 Å². The predicted octanol–water partition coefficient (Wildman–Crippen LogP) is 2.89. The minimum atomic E-state index is 0.345. The zero-order chi connectivity index (χ0) is 12.9. The number of halogens is 2. The van der Waals surface area contributed by atoms with Gasteiger partial charge in [0.2, 0.25) is 0 Å². The van der Waals surface area contributed by atoms with Gasteiger partial charge in [0.1, 0.15) is 11.0 Å². The van der Waals surface area contributed by atoms with Crippen molar-refractivity contribution in [1.82, 2.24) is 19.7 Å². The van der Waals surface area contributed by atoms with Crippen molar-refractivity contribution in [3.8, 4) is 0 Å². The van der Waals surface area contributed by atoms with E-state index in [9.17, 15) is 0 Å². The first-order valence-corrected chi connectivity index (χ1v) is 6.15. The van der Waals surface area contributed by atoms with Gasteiger partial charge in [-0.1, -0.05) is 23.2 Å². The maximum atomic E-state index is 6.11. The molecule has 2 N–H and O–H groups in total. The lowest BCUT2D eigenvalue weighted by molar-refractivity contribution is 0.681. The minimum Gasteiger partial charge on any atom is -0.380 e. The summed E-state index contributed by atoms with van der Waals surface area (Å²) >= 11 is 12.2. The third-order valence-corrected chi connectivity index (χ3v) is 3.33. The monoisotopic (exact) mass is 281 g/mol. The molecule has 0 aliphatic rings. The lowest BCUT2D eigenvalue weighted by atomic mass is 10.3. The molecule has 5 nitrogen and oxygen atoms in total. The molecule has 1 aromatic carbocycles. The first-order chi connectivity index (χ1) is 8.61. The molecule has 0 fully saturated rings. The zero-order valence-electron chi connectivity index (χ0n) is 9.48. The number of rotatable bonds is 1. The van der Waals surface area contributed by atoms with E-state index in [2.05, 4.69) is 15.1 Å². The van der Waals surface area contributed by atoms with Gasteiger partial charge in [-0.3, -0.25) is 0 Å². The highest BCUT2D eigenvalue weighted by molar-refractivity contribution is 6.39. The van der Waals surface area contributed by atoms with E-state index in [4.69, 9.17) is 28.9 Å². The Hall–Kier alpha value is -1.59. The van der Waals surface area contributed by atoms with Crippen molar-refractivity contribution in [2.45, 2.75) is 13.5 Å². The predicted molar refractivity (Wildman–Crippen MR) is 72.9 cm³/mol. The van der Waals surface area contributed by atoms with Gasteiger partial charge in [0, 0.05) is 6.54 Å². The Morgan fingerprint density at radius 3 is 2.33 bits per heavy atom. The van der Waals surface area contributed by atoms with Crippen molar-refractivity contribution in [3.63, 3.8) is 0 Å². The fourth-order valence-corrected chi connectivity index (χ4v) is 2.25. The van der Waals surface area contributed by atoms with Gasteiger partial charge in [-0.05, 0) is 19.1 Å². The van der Waals surface area contributed by atoms with E-state index in [-0.39, 0.29) is 0 Å². The van der Waals surface area contributed by atoms with E-state index in [1.807, 2.05) is 6.92 Å². The first kappa shape index (κ1) is 11.5. The Kier molecular flexibility index (Phi) is 2.53. The highest BCUT2D eigenvalue weighted by Gasteiger charge is 2.14. The van der Waals surface area contributed by atoms with E-state index < -0.39 is 0 Å². The second-order valence-corrected chi connectivity index (χ2v) is 4.64. The molecule has 0 radical (unpaired) electrons. The standard InChI is InChI=1S/C11H9Cl2N5/c1-2-18-11-9(10(14)17-18)15-7-5(12)3-4-6(13)8(7)16-11/h3-4H,2H2,1H3,(H2,14,17). The number of fused-ring (bicyclic) bond motifs is 2. The summed E-state index contributed by atoms with van der Waals surface area (Å²) in [7, 11) is 0. The number of hydrogen-bond donors (Lipinski definition) is 1. The van der Waals surface area contributed by atoms with Crippen molar-refractivity contribution in [2.75, 3.05) is 5.73 Å². The van der Waals surface area contributed by atoms with Crippen LogP contribution in [0.4, 0.5) is 5.82 Å². The second-order valence-electron chi connectivity index (χ2n) is 3.82. The second kappa shape index (κ2) is 3.96. The molecule has 0 atom stereocenters. The molecule has 2 aromatic heterocycles. The van der Waals surface area contributed by atoms with Gasteiger partial charge in [0.05, 0.1) is 10.0 Å². The number of nitrogens with zero attached hydrogens (tertiary/aromatic N) is 4. The van der Waals surface area contributed by atoms with Crippen LogP contribution in [0.2, 0.25) is 10.0 Å². The van der Waals surface area contributed by atoms with Crippen molar-refractivity contribution in [2.24, 2.45) is 0 Å². The quantitative estimate of drug-likeness (QED) is 0.745. The van der Waals surface area contributed by atoms with Gasteiger partial charge in [-0.15, -0.1) is 0 Å². The SMILES string of the molecule is CCn1nc(N)c2nc3c(Cl)ccc(Cl)c3nc21. The Morgan fingerprint density at radius 1 is 1.11 bits per heavy atom. The number of aromatic nitrogens is 4. The molecule has 0 spiro atoms. The summed E-state index contributed by atoms with van der Waals surface area (Å²) in [5.74, 6) is 0.345. The van der Waals surface area contributed by atoms with Gasteiger partial charge < -0.3 is 5.73 Å². The van der Waals surface area contributed by atoms with Crippen LogP contribution in [-0.2, 0) is 6.54 Å². The molecule has 3 rings (SSSR count). The van der Waals surface area contributed by atoms with Crippen molar-refractivity contribution < 1.29 is 0 Å². The summed E-state index contributed by atoms with van der Waals surface area (Å²) in [5.41, 5.74) is 8.09. The Bertz CT molecular complexity index is 765. The molecular weight excluding hydrogens is 273 g/mol. The van der Waals surface area contributed by atoms with Crippen LogP contribution in [0.3, 0.4) is 0 Å². The Balaban J connectivity index is 2.53. The molecule has 0 saturated heterocycles. The van der Waals surface area contributed by atoms with Crippen molar-refractivity contribution in [3.05, 3.63) is 22.2 Å². The molecular formula is C11H9Cl2N5. The van der Waals surface area contributed by atoms with E-state index in [0.717, 1.165) is 0 Å². The number of benzene rings is 1. The summed E-state index contributed by atoms with van der Waals surface area (Å²) < 4.78 is 1.69. The van der Waals surface area contributed by atoms with Crippen LogP contribution in [0.5, 0.6) is 0 Å². The molecule has 0 saturated carbocycles. The van der Waals surface area contributed by atoms with E-state index in [1.165, 1.54) is 0 Å². The molecule has 0 bridgehead atoms. The lowest BCUT2D eigenvalue weighted by Crippen LogP contribution is -1.98. The van der Waals surface area contributed by atoms with E-state index in [1.54, 1.807) is 16.8 Å². The molecule has 0 amide bonds. The van der Waals surface area contributed by atoms with Crippen LogP contribution in [-0.4, -0.2) is 19.7 Å². The van der Waals surface area contributed by atoms with Crippen LogP contribution in [0.15, 0.2) is 12.1 Å². The van der Waals surface area contributed by atoms with E-state index >= 15 is 0 Å². The summed E-state index contributed by atoms with van der Waals surface area (Å²) in [6, 6.07) is 3.38. The minimum absolute atomic E-state index is 0.345. The lowest BCUT2D eigenvalue weighted by Gasteiger charge is -2.03. The third-order valence-electron chi connectivity index (χ3n) is 2.72. The highest BCUT2D eigenvalue weighted by Crippen LogP contribution is 2.29. The van der Waals surface area contributed by atoms with Gasteiger partial charge in [-0.25, -0.2) is 14.6 Å². The maximum absolute atomic E-state index is 6.11. The molecule has 92 valence electrons. The van der Waals surface area contributed by atoms with Crippen molar-refractivity contribution >= 4 is 51.2 Å². The topological polar surface area (TPSA) is 69.6 Å². The molecule has 0 unspecified atom stereocenters. The van der Waals surface area contributed by atoms with Gasteiger partial charge in [0.15, 0.2) is 17.0 Å². The maximum Gasteiger partial charge on any atom is 0.179 e. The molecule has 3 aromatic rings. The Morgan fingerprint density at radius 2 is 1.72 bits per heavy atom. The van der Waals surface area contributed by atoms with Gasteiger partial charge in [0.25, 0.3) is 0 Å². The number of anilines is 1. The van der Waals surface area contributed by atoms with Gasteiger partial charge >= 0.3 is 0 Å². The molecule has 18 heavy (non-hydrogen) atoms. The third kappa shape index (κ3) is 1.51. The average molecular weight is 282 g/mol. The van der Waals surface area contributed by atoms with Crippen LogP contribution in [0.25, 0.3) is 22.2 Å². The molecule has 2 heterocycles. The first-order valence-electron chi connectivity index (χ1n) is 5.39. The highest BCUT2D eigenvalue weighted by atomic mass is 35.5. The van der Waals surface area contributed by atoms with Crippen LogP contribution in [0, 0.1) is 0 Å². The summed E-state index contributed by atoms with van der Waals surface area (Å²) in [5, 5.41) is 5.17. The largest absolute Gasteiger partial charge is 0.380 e. The number of aryl methyl sites for hydroxylation is 1. The average Bonchev–Trinajstić information content (AvgIpc) is 2.69.